The summed E-state index contributed by atoms with van der Waals surface area (Å²) >= 11 is 0. The van der Waals surface area contributed by atoms with Crippen LogP contribution >= 0.6 is 12.4 Å². The Morgan fingerprint density at radius 3 is 2.75 bits per heavy atom. The molecule has 2 N–H and O–H groups in total. The molecule has 0 atom stereocenters. The Kier molecular flexibility index (Phi) is 5.75. The molecule has 5 nitrogen and oxygen atoms in total. The molecule has 1 saturated heterocycles. The summed E-state index contributed by atoms with van der Waals surface area (Å²) in [5.41, 5.74) is -0.719. The summed E-state index contributed by atoms with van der Waals surface area (Å²) in [5, 5.41) is 5.69. The number of nitrogens with one attached hydrogen (secondary N) is 2. The summed E-state index contributed by atoms with van der Waals surface area (Å²) < 4.78 is 0. The molecule has 1 heterocycles. The van der Waals surface area contributed by atoms with Crippen molar-refractivity contribution in [3.05, 3.63) is 0 Å². The number of hydrogen-bond acceptors (Lipinski definition) is 3. The molecule has 0 bridgehead atoms. The number of amides is 2. The lowest BCUT2D eigenvalue weighted by molar-refractivity contribution is -0.149. The van der Waals surface area contributed by atoms with Crippen LogP contribution in [0.4, 0.5) is 0 Å². The largest absolute Gasteiger partial charge is 0.352 e. The van der Waals surface area contributed by atoms with Gasteiger partial charge in [0.2, 0.25) is 11.8 Å². The van der Waals surface area contributed by atoms with Crippen LogP contribution in [0, 0.1) is 0 Å². The van der Waals surface area contributed by atoms with Crippen molar-refractivity contribution in [3.8, 4) is 0 Å². The van der Waals surface area contributed by atoms with Gasteiger partial charge in [-0.25, -0.2) is 0 Å². The maximum atomic E-state index is 11.8. The molecular formula is C10H20ClN3O2. The summed E-state index contributed by atoms with van der Waals surface area (Å²) in [4.78, 5) is 25.1. The van der Waals surface area contributed by atoms with Gasteiger partial charge in [-0.2, -0.15) is 0 Å². The molecule has 6 heteroatoms. The number of carbonyl (C=O) groups excluding carboxylic acids is 2. The lowest BCUT2D eigenvalue weighted by Crippen LogP contribution is -2.63. The second-order valence-corrected chi connectivity index (χ2v) is 4.21. The minimum absolute atomic E-state index is 0. The van der Waals surface area contributed by atoms with Gasteiger partial charge in [-0.05, 0) is 20.9 Å². The highest BCUT2D eigenvalue weighted by molar-refractivity contribution is 5.91. The fourth-order valence-corrected chi connectivity index (χ4v) is 1.70. The van der Waals surface area contributed by atoms with Crippen molar-refractivity contribution >= 4 is 24.2 Å². The first kappa shape index (κ1) is 15.2. The highest BCUT2D eigenvalue weighted by Gasteiger charge is 2.39. The fourth-order valence-electron chi connectivity index (χ4n) is 1.70. The van der Waals surface area contributed by atoms with Crippen molar-refractivity contribution in [2.45, 2.75) is 25.8 Å². The van der Waals surface area contributed by atoms with Crippen molar-refractivity contribution in [2.24, 2.45) is 0 Å². The van der Waals surface area contributed by atoms with E-state index in [1.54, 1.807) is 25.8 Å². The molecule has 94 valence electrons. The predicted molar refractivity (Wildman–Crippen MR) is 64.6 cm³/mol. The van der Waals surface area contributed by atoms with Crippen molar-refractivity contribution in [3.63, 3.8) is 0 Å². The Labute approximate surface area is 102 Å². The number of hydrogen-bond donors (Lipinski definition) is 2. The molecule has 2 amide bonds. The van der Waals surface area contributed by atoms with Gasteiger partial charge >= 0.3 is 0 Å². The molecule has 1 aliphatic rings. The molecule has 0 saturated carbocycles. The smallest absolute Gasteiger partial charge is 0.245 e. The van der Waals surface area contributed by atoms with Crippen LogP contribution in [0.25, 0.3) is 0 Å². The maximum absolute atomic E-state index is 11.8. The van der Waals surface area contributed by atoms with E-state index in [1.165, 1.54) is 0 Å². The van der Waals surface area contributed by atoms with Gasteiger partial charge in [0, 0.05) is 26.1 Å². The van der Waals surface area contributed by atoms with Crippen LogP contribution in [-0.2, 0) is 9.59 Å². The molecule has 1 aliphatic heterocycles. The van der Waals surface area contributed by atoms with E-state index < -0.39 is 5.54 Å². The second-order valence-electron chi connectivity index (χ2n) is 4.21. The molecule has 0 aromatic carbocycles. The van der Waals surface area contributed by atoms with Gasteiger partial charge in [0.05, 0.1) is 0 Å². The highest BCUT2D eigenvalue weighted by atomic mass is 35.5. The van der Waals surface area contributed by atoms with Crippen molar-refractivity contribution in [1.29, 1.82) is 0 Å². The van der Waals surface area contributed by atoms with Crippen LogP contribution in [0.2, 0.25) is 0 Å². The van der Waals surface area contributed by atoms with E-state index in [0.29, 0.717) is 26.1 Å². The molecule has 0 spiro atoms. The van der Waals surface area contributed by atoms with E-state index >= 15 is 0 Å². The van der Waals surface area contributed by atoms with Gasteiger partial charge in [-0.1, -0.05) is 0 Å². The van der Waals surface area contributed by atoms with Gasteiger partial charge in [-0.15, -0.1) is 12.4 Å². The van der Waals surface area contributed by atoms with E-state index in [2.05, 4.69) is 10.6 Å². The van der Waals surface area contributed by atoms with Crippen molar-refractivity contribution < 1.29 is 9.59 Å². The van der Waals surface area contributed by atoms with E-state index in [-0.39, 0.29) is 24.2 Å². The van der Waals surface area contributed by atoms with Crippen LogP contribution in [0.3, 0.4) is 0 Å². The molecule has 0 aromatic rings. The minimum atomic E-state index is -0.719. The third kappa shape index (κ3) is 3.09. The average molecular weight is 250 g/mol. The summed E-state index contributed by atoms with van der Waals surface area (Å²) in [6.45, 7) is 5.35. The quantitative estimate of drug-likeness (QED) is 0.726. The molecule has 0 radical (unpaired) electrons. The van der Waals surface area contributed by atoms with Crippen LogP contribution in [0.5, 0.6) is 0 Å². The number of carbonyl (C=O) groups is 2. The third-order valence-electron chi connectivity index (χ3n) is 2.74. The maximum Gasteiger partial charge on any atom is 0.245 e. The van der Waals surface area contributed by atoms with E-state index in [4.69, 9.17) is 0 Å². The Morgan fingerprint density at radius 1 is 1.56 bits per heavy atom. The average Bonchev–Trinajstić information content (AvgIpc) is 2.18. The van der Waals surface area contributed by atoms with Crippen LogP contribution in [-0.4, -0.2) is 48.9 Å². The van der Waals surface area contributed by atoms with Gasteiger partial charge in [0.25, 0.3) is 0 Å². The second kappa shape index (κ2) is 6.06. The first-order chi connectivity index (χ1) is 7.00. The zero-order valence-electron chi connectivity index (χ0n) is 10.0. The standard InChI is InChI=1S/C10H19N3O2.ClH/c1-10(2)9(15)12-6-7-13(10)8(14)4-5-11-3;/h11H,4-7H2,1-3H3,(H,12,15);1H. The van der Waals surface area contributed by atoms with Gasteiger partial charge in [-0.3, -0.25) is 9.59 Å². The van der Waals surface area contributed by atoms with Crippen LogP contribution < -0.4 is 10.6 Å². The van der Waals surface area contributed by atoms with E-state index in [0.717, 1.165) is 0 Å². The summed E-state index contributed by atoms with van der Waals surface area (Å²) in [6.07, 6.45) is 0.438. The SMILES string of the molecule is CNCCC(=O)N1CCNC(=O)C1(C)C.Cl. The predicted octanol–water partition coefficient (Wildman–Crippen LogP) is -0.245. The lowest BCUT2D eigenvalue weighted by Gasteiger charge is -2.41. The van der Waals surface area contributed by atoms with E-state index in [9.17, 15) is 9.59 Å². The lowest BCUT2D eigenvalue weighted by atomic mass is 9.98. The van der Waals surface area contributed by atoms with Crippen molar-refractivity contribution in [1.82, 2.24) is 15.5 Å². The molecule has 1 rings (SSSR count). The monoisotopic (exact) mass is 249 g/mol. The third-order valence-corrected chi connectivity index (χ3v) is 2.74. The molecule has 16 heavy (non-hydrogen) atoms. The number of halogens is 1. The number of piperazine rings is 1. The Hall–Kier alpha value is -0.810. The summed E-state index contributed by atoms with van der Waals surface area (Å²) in [6, 6.07) is 0. The van der Waals surface area contributed by atoms with Gasteiger partial charge in [0.15, 0.2) is 0 Å². The minimum Gasteiger partial charge on any atom is -0.352 e. The first-order valence-corrected chi connectivity index (χ1v) is 5.23. The first-order valence-electron chi connectivity index (χ1n) is 5.23. The van der Waals surface area contributed by atoms with Gasteiger partial charge in [0.1, 0.15) is 5.54 Å². The van der Waals surface area contributed by atoms with Gasteiger partial charge < -0.3 is 15.5 Å². The van der Waals surface area contributed by atoms with Crippen molar-refractivity contribution in [2.75, 3.05) is 26.7 Å². The van der Waals surface area contributed by atoms with Crippen LogP contribution in [0.1, 0.15) is 20.3 Å². The van der Waals surface area contributed by atoms with Crippen LogP contribution in [0.15, 0.2) is 0 Å². The zero-order chi connectivity index (χ0) is 11.5. The van der Waals surface area contributed by atoms with E-state index in [1.807, 2.05) is 0 Å². The Morgan fingerprint density at radius 2 is 2.19 bits per heavy atom. The summed E-state index contributed by atoms with van der Waals surface area (Å²) in [5.74, 6) is -0.0456. The molecule has 1 fully saturated rings. The summed E-state index contributed by atoms with van der Waals surface area (Å²) in [7, 11) is 1.81. The number of nitrogens with zero attached hydrogens (tertiary/aromatic N) is 1. The zero-order valence-corrected chi connectivity index (χ0v) is 10.8. The Balaban J connectivity index is 0.00000225. The molecule has 0 aromatic heterocycles. The number of rotatable bonds is 3. The normalized spacial score (nSPS) is 18.7. The molecule has 0 unspecified atom stereocenters. The highest BCUT2D eigenvalue weighted by Crippen LogP contribution is 2.18. The topological polar surface area (TPSA) is 61.4 Å². The molecule has 0 aliphatic carbocycles. The Bertz CT molecular complexity index is 269. The molecular weight excluding hydrogens is 230 g/mol. The fraction of sp³-hybridized carbons (Fsp3) is 0.800.